The molecule has 0 radical (unpaired) electrons. The zero-order valence-electron chi connectivity index (χ0n) is 10.8. The molecule has 0 atom stereocenters. The van der Waals surface area contributed by atoms with Gasteiger partial charge in [0.2, 0.25) is 0 Å². The average Bonchev–Trinajstić information content (AvgIpc) is 2.49. The monoisotopic (exact) mass is 236 g/mol. The molecular formula is C18H20. The van der Waals surface area contributed by atoms with Gasteiger partial charge in [0, 0.05) is 0 Å². The van der Waals surface area contributed by atoms with Crippen molar-refractivity contribution in [1.29, 1.82) is 0 Å². The average molecular weight is 236 g/mol. The van der Waals surface area contributed by atoms with E-state index in [0.29, 0.717) is 0 Å². The predicted molar refractivity (Wildman–Crippen MR) is 77.7 cm³/mol. The van der Waals surface area contributed by atoms with Crippen molar-refractivity contribution in [2.45, 2.75) is 38.0 Å². The molecule has 18 heavy (non-hydrogen) atoms. The number of benzene rings is 2. The molecule has 0 heterocycles. The SMILES string of the molecule is c1ccc(-c2ccc(C3CCCCC3)cc2)cc1. The molecule has 1 aliphatic rings. The fraction of sp³-hybridized carbons (Fsp3) is 0.333. The summed E-state index contributed by atoms with van der Waals surface area (Å²) in [5, 5.41) is 0. The standard InChI is InChI=1S/C18H20/c1-3-7-15(8-4-1)17-11-13-18(14-12-17)16-9-5-2-6-10-16/h1,3-4,7-8,11-14,16H,2,5-6,9-10H2. The van der Waals surface area contributed by atoms with Gasteiger partial charge in [-0.2, -0.15) is 0 Å². The maximum atomic E-state index is 2.33. The second-order valence-corrected chi connectivity index (χ2v) is 5.32. The lowest BCUT2D eigenvalue weighted by molar-refractivity contribution is 0.443. The summed E-state index contributed by atoms with van der Waals surface area (Å²) in [7, 11) is 0. The molecule has 2 aromatic carbocycles. The highest BCUT2D eigenvalue weighted by Crippen LogP contribution is 2.33. The van der Waals surface area contributed by atoms with Gasteiger partial charge in [0.15, 0.2) is 0 Å². The maximum absolute atomic E-state index is 2.33. The van der Waals surface area contributed by atoms with E-state index >= 15 is 0 Å². The van der Waals surface area contributed by atoms with Crippen LogP contribution in [0.3, 0.4) is 0 Å². The summed E-state index contributed by atoms with van der Waals surface area (Å²) in [5.41, 5.74) is 4.18. The lowest BCUT2D eigenvalue weighted by Crippen LogP contribution is -2.04. The van der Waals surface area contributed by atoms with Gasteiger partial charge in [0.05, 0.1) is 0 Å². The summed E-state index contributed by atoms with van der Waals surface area (Å²) in [6.07, 6.45) is 7.00. The molecule has 0 aliphatic heterocycles. The Balaban J connectivity index is 1.80. The Labute approximate surface area is 110 Å². The molecule has 2 aromatic rings. The van der Waals surface area contributed by atoms with Crippen molar-refractivity contribution in [3.05, 3.63) is 60.2 Å². The molecule has 0 unspecified atom stereocenters. The third kappa shape index (κ3) is 2.48. The highest BCUT2D eigenvalue weighted by atomic mass is 14.2. The molecular weight excluding hydrogens is 216 g/mol. The summed E-state index contributed by atoms with van der Waals surface area (Å²) < 4.78 is 0. The first-order valence-corrected chi connectivity index (χ1v) is 7.09. The van der Waals surface area contributed by atoms with Crippen molar-refractivity contribution in [2.24, 2.45) is 0 Å². The van der Waals surface area contributed by atoms with Gasteiger partial charge < -0.3 is 0 Å². The second kappa shape index (κ2) is 5.39. The molecule has 0 amide bonds. The van der Waals surface area contributed by atoms with Gasteiger partial charge in [-0.15, -0.1) is 0 Å². The van der Waals surface area contributed by atoms with Crippen molar-refractivity contribution in [3.63, 3.8) is 0 Å². The van der Waals surface area contributed by atoms with Crippen LogP contribution >= 0.6 is 0 Å². The normalized spacial score (nSPS) is 16.7. The molecule has 0 aromatic heterocycles. The summed E-state index contributed by atoms with van der Waals surface area (Å²) in [6, 6.07) is 19.8. The first kappa shape index (κ1) is 11.5. The highest BCUT2D eigenvalue weighted by Gasteiger charge is 2.14. The highest BCUT2D eigenvalue weighted by molar-refractivity contribution is 5.63. The van der Waals surface area contributed by atoms with E-state index in [9.17, 15) is 0 Å². The molecule has 0 saturated heterocycles. The molecule has 0 nitrogen and oxygen atoms in total. The lowest BCUT2D eigenvalue weighted by atomic mass is 9.84. The van der Waals surface area contributed by atoms with E-state index in [2.05, 4.69) is 54.6 Å². The Kier molecular flexibility index (Phi) is 3.45. The van der Waals surface area contributed by atoms with Crippen LogP contribution in [0.15, 0.2) is 54.6 Å². The van der Waals surface area contributed by atoms with Crippen LogP contribution in [0.2, 0.25) is 0 Å². The second-order valence-electron chi connectivity index (χ2n) is 5.32. The van der Waals surface area contributed by atoms with Gasteiger partial charge >= 0.3 is 0 Å². The summed E-state index contributed by atoms with van der Waals surface area (Å²) >= 11 is 0. The fourth-order valence-electron chi connectivity index (χ4n) is 3.01. The van der Waals surface area contributed by atoms with Gasteiger partial charge in [-0.05, 0) is 35.4 Å². The fourth-order valence-corrected chi connectivity index (χ4v) is 3.01. The van der Waals surface area contributed by atoms with Gasteiger partial charge in [-0.1, -0.05) is 73.9 Å². The Bertz CT molecular complexity index is 475. The van der Waals surface area contributed by atoms with E-state index < -0.39 is 0 Å². The zero-order valence-corrected chi connectivity index (χ0v) is 10.8. The van der Waals surface area contributed by atoms with Crippen molar-refractivity contribution < 1.29 is 0 Å². The molecule has 3 rings (SSSR count). The van der Waals surface area contributed by atoms with Gasteiger partial charge in [0.25, 0.3) is 0 Å². The minimum absolute atomic E-state index is 0.809. The first-order chi connectivity index (χ1) is 8.93. The van der Waals surface area contributed by atoms with Gasteiger partial charge in [0.1, 0.15) is 0 Å². The topological polar surface area (TPSA) is 0 Å². The van der Waals surface area contributed by atoms with Crippen LogP contribution in [0.25, 0.3) is 11.1 Å². The smallest absolute Gasteiger partial charge is 0.0162 e. The van der Waals surface area contributed by atoms with Crippen molar-refractivity contribution >= 4 is 0 Å². The van der Waals surface area contributed by atoms with E-state index in [0.717, 1.165) is 5.92 Å². The quantitative estimate of drug-likeness (QED) is 0.654. The largest absolute Gasteiger partial charge is 0.0622 e. The zero-order chi connectivity index (χ0) is 12.2. The van der Waals surface area contributed by atoms with Crippen LogP contribution in [0, 0.1) is 0 Å². The minimum Gasteiger partial charge on any atom is -0.0622 e. The van der Waals surface area contributed by atoms with Crippen molar-refractivity contribution in [3.8, 4) is 11.1 Å². The molecule has 0 spiro atoms. The minimum atomic E-state index is 0.809. The van der Waals surface area contributed by atoms with Crippen molar-refractivity contribution in [1.82, 2.24) is 0 Å². The number of hydrogen-bond donors (Lipinski definition) is 0. The van der Waals surface area contributed by atoms with Crippen molar-refractivity contribution in [2.75, 3.05) is 0 Å². The molecule has 1 fully saturated rings. The maximum Gasteiger partial charge on any atom is -0.0162 e. The van der Waals surface area contributed by atoms with Crippen LogP contribution in [0.5, 0.6) is 0 Å². The summed E-state index contributed by atoms with van der Waals surface area (Å²) in [5.74, 6) is 0.809. The Morgan fingerprint density at radius 3 is 1.89 bits per heavy atom. The Morgan fingerprint density at radius 1 is 0.611 bits per heavy atom. The third-order valence-corrected chi connectivity index (χ3v) is 4.09. The van der Waals surface area contributed by atoms with E-state index in [1.807, 2.05) is 0 Å². The van der Waals surface area contributed by atoms with Gasteiger partial charge in [-0.3, -0.25) is 0 Å². The summed E-state index contributed by atoms with van der Waals surface area (Å²) in [4.78, 5) is 0. The van der Waals surface area contributed by atoms with E-state index in [1.165, 1.54) is 48.8 Å². The first-order valence-electron chi connectivity index (χ1n) is 7.09. The van der Waals surface area contributed by atoms with Crippen LogP contribution in [0.1, 0.15) is 43.6 Å². The third-order valence-electron chi connectivity index (χ3n) is 4.09. The summed E-state index contributed by atoms with van der Waals surface area (Å²) in [6.45, 7) is 0. The molecule has 0 heteroatoms. The Morgan fingerprint density at radius 2 is 1.22 bits per heavy atom. The molecule has 0 N–H and O–H groups in total. The lowest BCUT2D eigenvalue weighted by Gasteiger charge is -2.22. The van der Waals surface area contributed by atoms with Crippen LogP contribution in [-0.2, 0) is 0 Å². The predicted octanol–water partition coefficient (Wildman–Crippen LogP) is 5.40. The van der Waals surface area contributed by atoms with E-state index in [-0.39, 0.29) is 0 Å². The van der Waals surface area contributed by atoms with Crippen LogP contribution in [0.4, 0.5) is 0 Å². The number of hydrogen-bond acceptors (Lipinski definition) is 0. The molecule has 92 valence electrons. The Hall–Kier alpha value is -1.56. The molecule has 0 bridgehead atoms. The molecule has 1 aliphatic carbocycles. The number of rotatable bonds is 2. The van der Waals surface area contributed by atoms with Gasteiger partial charge in [-0.25, -0.2) is 0 Å². The van der Waals surface area contributed by atoms with Crippen LogP contribution in [-0.4, -0.2) is 0 Å². The van der Waals surface area contributed by atoms with Crippen LogP contribution < -0.4 is 0 Å². The van der Waals surface area contributed by atoms with E-state index in [1.54, 1.807) is 0 Å². The molecule has 1 saturated carbocycles. The van der Waals surface area contributed by atoms with E-state index in [4.69, 9.17) is 0 Å².